The Morgan fingerprint density at radius 3 is 0.882 bits per heavy atom. The van der Waals surface area contributed by atoms with Crippen LogP contribution in [0.25, 0.3) is 0 Å². The fourth-order valence-electron chi connectivity index (χ4n) is 1.85. The highest BCUT2D eigenvalue weighted by Gasteiger charge is 2.17. The first-order valence-electron chi connectivity index (χ1n) is 8.64. The van der Waals surface area contributed by atoms with Crippen molar-refractivity contribution >= 4 is 34.7 Å². The predicted molar refractivity (Wildman–Crippen MR) is 104 cm³/mol. The number of aromatic carboxylic acids is 2. The van der Waals surface area contributed by atoms with Crippen LogP contribution in [0.1, 0.15) is 20.7 Å². The van der Waals surface area contributed by atoms with E-state index in [0.717, 1.165) is 13.1 Å². The van der Waals surface area contributed by atoms with Crippen molar-refractivity contribution < 1.29 is 51.0 Å². The lowest BCUT2D eigenvalue weighted by atomic mass is 10.2. The zero-order chi connectivity index (χ0) is 26.6. The number of carbonyl (C=O) groups is 2. The van der Waals surface area contributed by atoms with Gasteiger partial charge in [0.25, 0.3) is 22.7 Å². The van der Waals surface area contributed by atoms with E-state index in [4.69, 9.17) is 0 Å². The molecular weight excluding hydrogens is 468 g/mol. The molecule has 0 saturated carbocycles. The highest BCUT2D eigenvalue weighted by molar-refractivity contribution is 5.88. The lowest BCUT2D eigenvalue weighted by Crippen LogP contribution is -2.64. The standard InChI is InChI=1S/2C7H4N2O6.C2H8N2/c2*10-7(11)4-1-5(8(12)13)3-6(2-4)9(14)15;3-1-2-4/h2*1-3H,(H,10,11);1-4H2. The summed E-state index contributed by atoms with van der Waals surface area (Å²) in [7, 11) is 0. The van der Waals surface area contributed by atoms with Crippen LogP contribution in [0.3, 0.4) is 0 Å². The van der Waals surface area contributed by atoms with Crippen molar-refractivity contribution in [1.29, 1.82) is 0 Å². The molecule has 0 aliphatic carbocycles. The number of carboxylic acid groups (broad SMARTS) is 2. The molecule has 0 radical (unpaired) electrons. The Labute approximate surface area is 187 Å². The van der Waals surface area contributed by atoms with Crippen LogP contribution in [0, 0.1) is 40.5 Å². The Kier molecular flexibility index (Phi) is 11.3. The molecule has 0 bridgehead atoms. The second kappa shape index (κ2) is 13.3. The zero-order valence-electron chi connectivity index (χ0n) is 17.0. The van der Waals surface area contributed by atoms with Crippen LogP contribution in [-0.4, -0.2) is 44.7 Å². The van der Waals surface area contributed by atoms with E-state index in [1.807, 2.05) is 0 Å². The van der Waals surface area contributed by atoms with Crippen molar-refractivity contribution in [3.63, 3.8) is 0 Å². The third-order valence-electron chi connectivity index (χ3n) is 3.37. The number of nitrogens with zero attached hydrogens (tertiary/aromatic N) is 4. The van der Waals surface area contributed by atoms with Crippen molar-refractivity contribution in [1.82, 2.24) is 0 Å². The van der Waals surface area contributed by atoms with E-state index in [1.54, 1.807) is 0 Å². The molecule has 0 unspecified atom stereocenters. The van der Waals surface area contributed by atoms with Crippen molar-refractivity contribution in [2.75, 3.05) is 13.1 Å². The summed E-state index contributed by atoms with van der Waals surface area (Å²) in [6.45, 7) is 1.92. The fourth-order valence-corrected chi connectivity index (χ4v) is 1.85. The van der Waals surface area contributed by atoms with Gasteiger partial charge in [-0.05, 0) is 0 Å². The maximum atomic E-state index is 10.4. The average molecular weight is 484 g/mol. The Balaban J connectivity index is 0.000000554. The molecule has 2 rings (SSSR count). The topological polar surface area (TPSA) is 308 Å². The molecule has 0 aromatic heterocycles. The van der Waals surface area contributed by atoms with E-state index in [-0.39, 0.29) is 0 Å². The van der Waals surface area contributed by atoms with Gasteiger partial charge in [0.2, 0.25) is 0 Å². The highest BCUT2D eigenvalue weighted by Crippen LogP contribution is 2.23. The largest absolute Gasteiger partial charge is 0.545 e. The van der Waals surface area contributed by atoms with Crippen LogP contribution in [0.2, 0.25) is 0 Å². The number of carboxylic acids is 2. The molecule has 6 N–H and O–H groups in total. The molecule has 0 fully saturated rings. The van der Waals surface area contributed by atoms with Crippen LogP contribution in [0.15, 0.2) is 36.4 Å². The monoisotopic (exact) mass is 484 g/mol. The van der Waals surface area contributed by atoms with Gasteiger partial charge in [-0.25, -0.2) is 0 Å². The molecule has 0 heterocycles. The van der Waals surface area contributed by atoms with E-state index in [1.165, 1.54) is 0 Å². The van der Waals surface area contributed by atoms with Gasteiger partial charge >= 0.3 is 0 Å². The van der Waals surface area contributed by atoms with Gasteiger partial charge in [-0.15, -0.1) is 0 Å². The number of rotatable bonds is 7. The number of non-ortho nitro benzene ring substituents is 4. The zero-order valence-corrected chi connectivity index (χ0v) is 17.0. The molecule has 0 saturated heterocycles. The van der Waals surface area contributed by atoms with E-state index >= 15 is 0 Å². The molecule has 2 aromatic rings. The van der Waals surface area contributed by atoms with Crippen molar-refractivity contribution in [2.45, 2.75) is 0 Å². The molecule has 18 nitrogen and oxygen atoms in total. The molecule has 18 heteroatoms. The first kappa shape index (κ1) is 28.9. The van der Waals surface area contributed by atoms with E-state index in [2.05, 4.69) is 11.5 Å². The second-order valence-electron chi connectivity index (χ2n) is 5.79. The van der Waals surface area contributed by atoms with Crippen LogP contribution in [0.5, 0.6) is 0 Å². The minimum Gasteiger partial charge on any atom is -0.545 e. The van der Waals surface area contributed by atoms with Gasteiger partial charge in [-0.1, -0.05) is 0 Å². The summed E-state index contributed by atoms with van der Waals surface area (Å²) in [5.74, 6) is -3.41. The van der Waals surface area contributed by atoms with Crippen LogP contribution < -0.4 is 21.7 Å². The van der Waals surface area contributed by atoms with Gasteiger partial charge in [0.15, 0.2) is 0 Å². The molecule has 0 aliphatic heterocycles. The van der Waals surface area contributed by atoms with E-state index in [0.29, 0.717) is 36.4 Å². The molecule has 182 valence electrons. The summed E-state index contributed by atoms with van der Waals surface area (Å²) in [6.07, 6.45) is 0. The lowest BCUT2D eigenvalue weighted by molar-refractivity contribution is -0.453. The Morgan fingerprint density at radius 1 is 0.559 bits per heavy atom. The van der Waals surface area contributed by atoms with Crippen molar-refractivity contribution in [2.24, 2.45) is 0 Å². The van der Waals surface area contributed by atoms with Gasteiger partial charge in [-0.3, -0.25) is 40.5 Å². The quantitative estimate of drug-likeness (QED) is 0.297. The molecule has 34 heavy (non-hydrogen) atoms. The molecule has 0 spiro atoms. The summed E-state index contributed by atoms with van der Waals surface area (Å²) in [4.78, 5) is 58.4. The van der Waals surface area contributed by atoms with Gasteiger partial charge in [-0.2, -0.15) is 0 Å². The number of hydrogen-bond donors (Lipinski definition) is 2. The SMILES string of the molecule is O=C([O-])c1cc([N+](=O)[O-])cc([N+](=O)[O-])c1.O=C([O-])c1cc([N+](=O)[O-])cc([N+](=O)[O-])c1.[NH3+]CC[NH3+]. The first-order chi connectivity index (χ1) is 15.7. The molecule has 0 atom stereocenters. The Bertz CT molecular complexity index is 874. The second-order valence-corrected chi connectivity index (χ2v) is 5.79. The third-order valence-corrected chi connectivity index (χ3v) is 3.37. The van der Waals surface area contributed by atoms with Crippen LogP contribution >= 0.6 is 0 Å². The fraction of sp³-hybridized carbons (Fsp3) is 0.125. The van der Waals surface area contributed by atoms with Crippen molar-refractivity contribution in [3.05, 3.63) is 88.0 Å². The third kappa shape index (κ3) is 9.36. The predicted octanol–water partition coefficient (Wildman–Crippen LogP) is -2.80. The normalized spacial score (nSPS) is 9.35. The number of nitro benzene ring substituents is 4. The van der Waals surface area contributed by atoms with Gasteiger partial charge < -0.3 is 31.3 Å². The average Bonchev–Trinajstić information content (AvgIpc) is 2.78. The number of quaternary nitrogens is 2. The Hall–Kier alpha value is -5.10. The Morgan fingerprint density at radius 2 is 0.765 bits per heavy atom. The lowest BCUT2D eigenvalue weighted by Gasteiger charge is -2.01. The summed E-state index contributed by atoms with van der Waals surface area (Å²) in [5.41, 5.74) is 3.23. The molecule has 0 amide bonds. The number of benzene rings is 2. The minimum absolute atomic E-state index is 0.601. The molecular formula is C16H16N6O12. The van der Waals surface area contributed by atoms with Gasteiger partial charge in [0.05, 0.1) is 43.8 Å². The number of nitro groups is 4. The summed E-state index contributed by atoms with van der Waals surface area (Å²) in [5, 5.41) is 62.1. The smallest absolute Gasteiger partial charge is 0.276 e. The summed E-state index contributed by atoms with van der Waals surface area (Å²) < 4.78 is 0. The van der Waals surface area contributed by atoms with Crippen LogP contribution in [0.4, 0.5) is 22.7 Å². The van der Waals surface area contributed by atoms with Crippen molar-refractivity contribution in [3.8, 4) is 0 Å². The summed E-state index contributed by atoms with van der Waals surface area (Å²) in [6, 6.07) is 4.13. The number of carbonyl (C=O) groups excluding carboxylic acids is 2. The minimum atomic E-state index is -1.71. The van der Waals surface area contributed by atoms with Crippen LogP contribution in [-0.2, 0) is 0 Å². The molecule has 2 aromatic carbocycles. The van der Waals surface area contributed by atoms with Gasteiger partial charge in [0.1, 0.15) is 13.1 Å². The van der Waals surface area contributed by atoms with E-state index < -0.39 is 65.5 Å². The first-order valence-corrected chi connectivity index (χ1v) is 8.64. The number of hydrogen-bond acceptors (Lipinski definition) is 12. The maximum absolute atomic E-state index is 10.4. The molecule has 0 aliphatic rings. The highest BCUT2D eigenvalue weighted by atomic mass is 16.6. The van der Waals surface area contributed by atoms with Gasteiger partial charge in [0, 0.05) is 35.4 Å². The maximum Gasteiger partial charge on any atom is 0.276 e. The summed E-state index contributed by atoms with van der Waals surface area (Å²) >= 11 is 0. The van der Waals surface area contributed by atoms with E-state index in [9.17, 15) is 60.3 Å².